The zero-order valence-corrected chi connectivity index (χ0v) is 17.4. The van der Waals surface area contributed by atoms with E-state index in [9.17, 15) is 4.79 Å². The van der Waals surface area contributed by atoms with Crippen LogP contribution in [0.25, 0.3) is 21.9 Å². The third-order valence-electron chi connectivity index (χ3n) is 5.61. The standard InChI is InChI=1S/C27H22N4O/c32-27(15-25(19-7-3-1-4-8-19)20-9-5-2-6-10-20)31-26-14-23-13-21(24-17-29-30-18-24)11-12-22(23)16-28-26/h1-14,16-18,25H,15H2,(H,29,30)(H,28,31,32). The van der Waals surface area contributed by atoms with Crippen molar-refractivity contribution >= 4 is 22.5 Å². The van der Waals surface area contributed by atoms with Crippen LogP contribution >= 0.6 is 0 Å². The molecule has 0 aliphatic heterocycles. The summed E-state index contributed by atoms with van der Waals surface area (Å²) < 4.78 is 0. The molecule has 3 aromatic carbocycles. The van der Waals surface area contributed by atoms with Crippen molar-refractivity contribution in [2.45, 2.75) is 12.3 Å². The van der Waals surface area contributed by atoms with Crippen LogP contribution in [-0.2, 0) is 4.79 Å². The Morgan fingerprint density at radius 3 is 2.19 bits per heavy atom. The fourth-order valence-corrected chi connectivity index (χ4v) is 3.98. The lowest BCUT2D eigenvalue weighted by atomic mass is 9.88. The van der Waals surface area contributed by atoms with Gasteiger partial charge in [-0.1, -0.05) is 72.8 Å². The summed E-state index contributed by atoms with van der Waals surface area (Å²) >= 11 is 0. The Labute approximate surface area is 186 Å². The summed E-state index contributed by atoms with van der Waals surface area (Å²) in [6.07, 6.45) is 5.77. The van der Waals surface area contributed by atoms with Gasteiger partial charge in [0, 0.05) is 35.7 Å². The molecule has 0 saturated carbocycles. The molecule has 5 rings (SSSR count). The summed E-state index contributed by atoms with van der Waals surface area (Å²) in [4.78, 5) is 17.4. The molecule has 0 aliphatic carbocycles. The highest BCUT2D eigenvalue weighted by Crippen LogP contribution is 2.29. The number of aromatic amines is 1. The number of anilines is 1. The van der Waals surface area contributed by atoms with Crippen LogP contribution in [0.3, 0.4) is 0 Å². The molecule has 5 nitrogen and oxygen atoms in total. The lowest BCUT2D eigenvalue weighted by molar-refractivity contribution is -0.116. The Morgan fingerprint density at radius 2 is 1.53 bits per heavy atom. The minimum atomic E-state index is -0.0689. The molecule has 0 unspecified atom stereocenters. The first-order valence-corrected chi connectivity index (χ1v) is 10.5. The molecule has 0 aliphatic rings. The van der Waals surface area contributed by atoms with Crippen molar-refractivity contribution in [3.63, 3.8) is 0 Å². The van der Waals surface area contributed by atoms with Crippen molar-refractivity contribution < 1.29 is 4.79 Å². The molecule has 0 atom stereocenters. The molecule has 2 aromatic heterocycles. The maximum Gasteiger partial charge on any atom is 0.226 e. The van der Waals surface area contributed by atoms with Gasteiger partial charge in [-0.15, -0.1) is 0 Å². The summed E-state index contributed by atoms with van der Waals surface area (Å²) in [6, 6.07) is 28.3. The summed E-state index contributed by atoms with van der Waals surface area (Å²) in [6.45, 7) is 0. The summed E-state index contributed by atoms with van der Waals surface area (Å²) in [5.41, 5.74) is 4.31. The molecule has 0 spiro atoms. The third-order valence-corrected chi connectivity index (χ3v) is 5.61. The van der Waals surface area contributed by atoms with Gasteiger partial charge in [0.1, 0.15) is 5.82 Å². The molecule has 2 heterocycles. The number of rotatable bonds is 6. The number of carbonyl (C=O) groups is 1. The zero-order valence-electron chi connectivity index (χ0n) is 17.4. The molecule has 5 heteroatoms. The number of benzene rings is 3. The molecule has 0 fully saturated rings. The second-order valence-electron chi connectivity index (χ2n) is 7.74. The predicted octanol–water partition coefficient (Wildman–Crippen LogP) is 5.79. The first-order chi connectivity index (χ1) is 15.8. The fraction of sp³-hybridized carbons (Fsp3) is 0.0741. The van der Waals surface area contributed by atoms with Crippen molar-refractivity contribution in [3.05, 3.63) is 115 Å². The van der Waals surface area contributed by atoms with Gasteiger partial charge in [-0.2, -0.15) is 5.10 Å². The number of nitrogens with zero attached hydrogens (tertiary/aromatic N) is 2. The average molecular weight is 419 g/mol. The van der Waals surface area contributed by atoms with Crippen molar-refractivity contribution in [2.75, 3.05) is 5.32 Å². The summed E-state index contributed by atoms with van der Waals surface area (Å²) in [5.74, 6) is 0.456. The van der Waals surface area contributed by atoms with Gasteiger partial charge in [-0.25, -0.2) is 4.98 Å². The normalized spacial score (nSPS) is 11.0. The predicted molar refractivity (Wildman–Crippen MR) is 127 cm³/mol. The molecule has 1 amide bonds. The fourth-order valence-electron chi connectivity index (χ4n) is 3.98. The van der Waals surface area contributed by atoms with E-state index in [1.54, 1.807) is 12.4 Å². The van der Waals surface area contributed by atoms with E-state index in [0.29, 0.717) is 12.2 Å². The number of pyridine rings is 1. The molecular formula is C27H22N4O. The number of nitrogens with one attached hydrogen (secondary N) is 2. The van der Waals surface area contributed by atoms with Crippen molar-refractivity contribution in [3.8, 4) is 11.1 Å². The zero-order chi connectivity index (χ0) is 21.8. The molecule has 5 aromatic rings. The first kappa shape index (κ1) is 19.7. The lowest BCUT2D eigenvalue weighted by Crippen LogP contribution is -2.17. The highest BCUT2D eigenvalue weighted by atomic mass is 16.1. The number of amides is 1. The Kier molecular flexibility index (Phi) is 5.45. The number of fused-ring (bicyclic) bond motifs is 1. The number of aromatic nitrogens is 3. The van der Waals surface area contributed by atoms with Crippen LogP contribution < -0.4 is 5.32 Å². The topological polar surface area (TPSA) is 70.7 Å². The largest absolute Gasteiger partial charge is 0.311 e. The molecule has 32 heavy (non-hydrogen) atoms. The van der Waals surface area contributed by atoms with Gasteiger partial charge >= 0.3 is 0 Å². The van der Waals surface area contributed by atoms with E-state index in [1.165, 1.54) is 0 Å². The highest BCUT2D eigenvalue weighted by Gasteiger charge is 2.18. The van der Waals surface area contributed by atoms with Crippen LogP contribution in [-0.4, -0.2) is 21.1 Å². The smallest absolute Gasteiger partial charge is 0.226 e. The van der Waals surface area contributed by atoms with Gasteiger partial charge in [-0.05, 0) is 34.2 Å². The first-order valence-electron chi connectivity index (χ1n) is 10.5. The van der Waals surface area contributed by atoms with Crippen molar-refractivity contribution in [1.29, 1.82) is 0 Å². The van der Waals surface area contributed by atoms with E-state index >= 15 is 0 Å². The van der Waals surface area contributed by atoms with E-state index in [2.05, 4.69) is 50.8 Å². The van der Waals surface area contributed by atoms with Crippen LogP contribution in [0.4, 0.5) is 5.82 Å². The second kappa shape index (κ2) is 8.86. The molecular weight excluding hydrogens is 396 g/mol. The van der Waals surface area contributed by atoms with E-state index < -0.39 is 0 Å². The Bertz CT molecular complexity index is 1290. The Hall–Kier alpha value is -4.25. The summed E-state index contributed by atoms with van der Waals surface area (Å²) in [7, 11) is 0. The number of carbonyl (C=O) groups excluding carboxylic acids is 1. The van der Waals surface area contributed by atoms with Crippen LogP contribution in [0, 0.1) is 0 Å². The Morgan fingerprint density at radius 1 is 0.812 bits per heavy atom. The van der Waals surface area contributed by atoms with Gasteiger partial charge in [0.15, 0.2) is 0 Å². The number of H-pyrrole nitrogens is 1. The van der Waals surface area contributed by atoms with Gasteiger partial charge in [0.25, 0.3) is 0 Å². The number of hydrogen-bond donors (Lipinski definition) is 2. The van der Waals surface area contributed by atoms with E-state index in [0.717, 1.165) is 33.0 Å². The molecule has 2 N–H and O–H groups in total. The SMILES string of the molecule is O=C(CC(c1ccccc1)c1ccccc1)Nc1cc2cc(-c3cn[nH]c3)ccc2cn1. The van der Waals surface area contributed by atoms with Crippen LogP contribution in [0.1, 0.15) is 23.5 Å². The summed E-state index contributed by atoms with van der Waals surface area (Å²) in [5, 5.41) is 11.9. The molecule has 0 saturated heterocycles. The second-order valence-corrected chi connectivity index (χ2v) is 7.74. The monoisotopic (exact) mass is 418 g/mol. The van der Waals surface area contributed by atoms with E-state index in [1.807, 2.05) is 60.8 Å². The Balaban J connectivity index is 1.38. The molecule has 156 valence electrons. The van der Waals surface area contributed by atoms with Crippen molar-refractivity contribution in [2.24, 2.45) is 0 Å². The number of hydrogen-bond acceptors (Lipinski definition) is 3. The lowest BCUT2D eigenvalue weighted by Gasteiger charge is -2.18. The van der Waals surface area contributed by atoms with Crippen LogP contribution in [0.2, 0.25) is 0 Å². The van der Waals surface area contributed by atoms with E-state index in [4.69, 9.17) is 0 Å². The minimum absolute atomic E-state index is 0.0226. The minimum Gasteiger partial charge on any atom is -0.311 e. The van der Waals surface area contributed by atoms with Crippen LogP contribution in [0.15, 0.2) is 104 Å². The molecule has 0 radical (unpaired) electrons. The van der Waals surface area contributed by atoms with E-state index in [-0.39, 0.29) is 11.8 Å². The maximum absolute atomic E-state index is 13.0. The molecule has 0 bridgehead atoms. The average Bonchev–Trinajstić information content (AvgIpc) is 3.38. The highest BCUT2D eigenvalue weighted by molar-refractivity contribution is 5.94. The van der Waals surface area contributed by atoms with Gasteiger partial charge in [0.2, 0.25) is 5.91 Å². The maximum atomic E-state index is 13.0. The third kappa shape index (κ3) is 4.27. The van der Waals surface area contributed by atoms with Crippen molar-refractivity contribution in [1.82, 2.24) is 15.2 Å². The van der Waals surface area contributed by atoms with Gasteiger partial charge in [-0.3, -0.25) is 9.89 Å². The quantitative estimate of drug-likeness (QED) is 0.367. The van der Waals surface area contributed by atoms with Crippen LogP contribution in [0.5, 0.6) is 0 Å². The van der Waals surface area contributed by atoms with Gasteiger partial charge < -0.3 is 5.32 Å². The van der Waals surface area contributed by atoms with Gasteiger partial charge in [0.05, 0.1) is 6.20 Å².